The quantitative estimate of drug-likeness (QED) is 0.106. The Balaban J connectivity index is 1.14. The second-order valence-electron chi connectivity index (χ2n) is 16.1. The second-order valence-corrected chi connectivity index (χ2v) is 17.2. The molecule has 8 aromatic carbocycles. The summed E-state index contributed by atoms with van der Waals surface area (Å²) >= 11 is 2.57. The number of allylic oxidation sites excluding steroid dienone is 1. The molecule has 1 aliphatic rings. The predicted molar refractivity (Wildman–Crippen MR) is 262 cm³/mol. The minimum atomic E-state index is 0.0719. The standard InChI is InChI=1S/C55H45IN4/c1-3-41(36-52(40-20-9-5-10-21-40)60(56)37(2)38-17-7-4-8-18-38)57-33-31-48-50-35-43(28-30-47(50)53-49(54(48)57)32-34-58(53)42-22-11-6-12-23-42)59-51-26-16-15-25-45(51)46-29-27-39-19-13-14-24-44(39)55(46)59/h4-30,32,34-37,52H,3,31,33H2,1-2H3/b41-36+. The SMILES string of the molecule is CC/C(=C\C(c1ccccc1)N(I)C(C)c1ccccc1)N1CCc2c1c1ccn(-c3ccccc3)c1c1ccc(-n3c4ccccc4c4ccc5ccccc5c43)cc21. The molecule has 0 fully saturated rings. The van der Waals surface area contributed by atoms with E-state index in [1.165, 1.54) is 93.7 Å². The number of anilines is 1. The summed E-state index contributed by atoms with van der Waals surface area (Å²) in [6, 6.07) is 64.9. The van der Waals surface area contributed by atoms with E-state index in [1.54, 1.807) is 0 Å². The van der Waals surface area contributed by atoms with Crippen molar-refractivity contribution in [2.75, 3.05) is 11.4 Å². The van der Waals surface area contributed by atoms with E-state index in [4.69, 9.17) is 0 Å². The Hall–Kier alpha value is -6.15. The first-order valence-electron chi connectivity index (χ1n) is 21.2. The molecule has 3 heterocycles. The number of aromatic nitrogens is 2. The number of para-hydroxylation sites is 2. The zero-order valence-electron chi connectivity index (χ0n) is 33.8. The summed E-state index contributed by atoms with van der Waals surface area (Å²) in [6.07, 6.45) is 6.71. The number of nitrogens with zero attached hydrogens (tertiary/aromatic N) is 4. The maximum Gasteiger partial charge on any atom is 0.0650 e. The topological polar surface area (TPSA) is 16.3 Å². The molecule has 0 saturated carbocycles. The van der Waals surface area contributed by atoms with Crippen molar-refractivity contribution in [2.45, 2.75) is 38.8 Å². The number of rotatable bonds is 9. The van der Waals surface area contributed by atoms with Crippen molar-refractivity contribution in [3.05, 3.63) is 211 Å². The summed E-state index contributed by atoms with van der Waals surface area (Å²) in [7, 11) is 0. The minimum Gasteiger partial charge on any atom is -0.344 e. The van der Waals surface area contributed by atoms with Gasteiger partial charge in [-0.3, -0.25) is 0 Å². The lowest BCUT2D eigenvalue weighted by Gasteiger charge is -2.32. The zero-order valence-corrected chi connectivity index (χ0v) is 36.0. The molecule has 0 saturated heterocycles. The lowest BCUT2D eigenvalue weighted by atomic mass is 9.97. The van der Waals surface area contributed by atoms with Crippen molar-refractivity contribution in [1.29, 1.82) is 0 Å². The second kappa shape index (κ2) is 15.1. The number of halogens is 1. The van der Waals surface area contributed by atoms with Gasteiger partial charge in [-0.15, -0.1) is 0 Å². The molecule has 0 radical (unpaired) electrons. The van der Waals surface area contributed by atoms with E-state index in [2.05, 4.69) is 242 Å². The van der Waals surface area contributed by atoms with Gasteiger partial charge in [0.2, 0.25) is 0 Å². The van der Waals surface area contributed by atoms with Gasteiger partial charge in [-0.1, -0.05) is 146 Å². The molecule has 2 aromatic heterocycles. The Labute approximate surface area is 365 Å². The highest BCUT2D eigenvalue weighted by Gasteiger charge is 2.31. The fourth-order valence-corrected chi connectivity index (χ4v) is 10.8. The normalized spacial score (nSPS) is 14.3. The summed E-state index contributed by atoms with van der Waals surface area (Å²) in [4.78, 5) is 2.65. The van der Waals surface area contributed by atoms with Gasteiger partial charge < -0.3 is 14.0 Å². The molecule has 11 rings (SSSR count). The van der Waals surface area contributed by atoms with Crippen LogP contribution in [0.5, 0.6) is 0 Å². The van der Waals surface area contributed by atoms with Gasteiger partial charge in [-0.05, 0) is 89.7 Å². The highest BCUT2D eigenvalue weighted by Crippen LogP contribution is 2.47. The average Bonchev–Trinajstić information content (AvgIpc) is 4.05. The Morgan fingerprint density at radius 1 is 0.617 bits per heavy atom. The monoisotopic (exact) mass is 888 g/mol. The van der Waals surface area contributed by atoms with Crippen molar-refractivity contribution in [1.82, 2.24) is 12.2 Å². The molecule has 5 heteroatoms. The van der Waals surface area contributed by atoms with E-state index < -0.39 is 0 Å². The van der Waals surface area contributed by atoms with Gasteiger partial charge in [0, 0.05) is 85.7 Å². The summed E-state index contributed by atoms with van der Waals surface area (Å²) < 4.78 is 7.41. The van der Waals surface area contributed by atoms with E-state index in [0.717, 1.165) is 19.4 Å². The fourth-order valence-electron chi connectivity index (χ4n) is 9.96. The van der Waals surface area contributed by atoms with Crippen LogP contribution in [0.1, 0.15) is 49.0 Å². The molecule has 10 aromatic rings. The first kappa shape index (κ1) is 36.9. The Morgan fingerprint density at radius 2 is 1.27 bits per heavy atom. The zero-order chi connectivity index (χ0) is 40.3. The van der Waals surface area contributed by atoms with Gasteiger partial charge in [-0.25, -0.2) is 3.11 Å². The predicted octanol–water partition coefficient (Wildman–Crippen LogP) is 14.8. The van der Waals surface area contributed by atoms with Gasteiger partial charge in [0.15, 0.2) is 0 Å². The van der Waals surface area contributed by atoms with Crippen molar-refractivity contribution < 1.29 is 0 Å². The Bertz CT molecular complexity index is 3240. The first-order chi connectivity index (χ1) is 29.6. The van der Waals surface area contributed by atoms with Crippen LogP contribution in [-0.2, 0) is 6.42 Å². The van der Waals surface area contributed by atoms with Crippen LogP contribution >= 0.6 is 22.9 Å². The molecule has 0 amide bonds. The maximum absolute atomic E-state index is 2.65. The van der Waals surface area contributed by atoms with E-state index >= 15 is 0 Å². The fraction of sp³-hybridized carbons (Fsp3) is 0.127. The van der Waals surface area contributed by atoms with E-state index in [1.807, 2.05) is 0 Å². The van der Waals surface area contributed by atoms with Gasteiger partial charge in [0.25, 0.3) is 0 Å². The lowest BCUT2D eigenvalue weighted by Crippen LogP contribution is -2.25. The number of hydrogen-bond acceptors (Lipinski definition) is 2. The van der Waals surface area contributed by atoms with Gasteiger partial charge in [-0.2, -0.15) is 0 Å². The van der Waals surface area contributed by atoms with Gasteiger partial charge in [0.1, 0.15) is 0 Å². The number of benzene rings is 8. The van der Waals surface area contributed by atoms with Crippen LogP contribution in [0.2, 0.25) is 0 Å². The molecule has 0 spiro atoms. The lowest BCUT2D eigenvalue weighted by molar-refractivity contribution is 0.367. The maximum atomic E-state index is 2.65. The van der Waals surface area contributed by atoms with Crippen molar-refractivity contribution in [2.24, 2.45) is 0 Å². The molecule has 1 aliphatic heterocycles. The molecular weight excluding hydrogens is 844 g/mol. The largest absolute Gasteiger partial charge is 0.344 e. The molecule has 2 atom stereocenters. The molecular formula is C55H45IN4. The Kier molecular flexibility index (Phi) is 9.31. The molecule has 4 nitrogen and oxygen atoms in total. The van der Waals surface area contributed by atoms with Crippen LogP contribution in [0, 0.1) is 0 Å². The first-order valence-corrected chi connectivity index (χ1v) is 22.1. The van der Waals surface area contributed by atoms with Crippen LogP contribution in [0.15, 0.2) is 194 Å². The summed E-state index contributed by atoms with van der Waals surface area (Å²) in [5.41, 5.74) is 12.8. The third-order valence-electron chi connectivity index (χ3n) is 12.8. The smallest absolute Gasteiger partial charge is 0.0650 e. The summed E-state index contributed by atoms with van der Waals surface area (Å²) in [5, 5.41) is 8.99. The number of fused-ring (bicyclic) bond motifs is 11. The van der Waals surface area contributed by atoms with Crippen LogP contribution in [0.25, 0.3) is 65.6 Å². The molecule has 0 bridgehead atoms. The van der Waals surface area contributed by atoms with E-state index in [-0.39, 0.29) is 12.1 Å². The van der Waals surface area contributed by atoms with Crippen molar-refractivity contribution in [3.8, 4) is 11.4 Å². The molecule has 0 aliphatic carbocycles. The Morgan fingerprint density at radius 3 is 2.03 bits per heavy atom. The average molecular weight is 889 g/mol. The van der Waals surface area contributed by atoms with Crippen LogP contribution in [0.3, 0.4) is 0 Å². The van der Waals surface area contributed by atoms with Gasteiger partial charge >= 0.3 is 0 Å². The third kappa shape index (κ3) is 5.97. The molecule has 2 unspecified atom stereocenters. The third-order valence-corrected chi connectivity index (χ3v) is 14.3. The molecule has 292 valence electrons. The number of hydrogen-bond donors (Lipinski definition) is 0. The van der Waals surface area contributed by atoms with Crippen LogP contribution < -0.4 is 4.90 Å². The highest BCUT2D eigenvalue weighted by molar-refractivity contribution is 14.1. The van der Waals surface area contributed by atoms with Crippen LogP contribution in [-0.4, -0.2) is 18.8 Å². The van der Waals surface area contributed by atoms with Crippen molar-refractivity contribution >= 4 is 82.8 Å². The highest BCUT2D eigenvalue weighted by atomic mass is 127. The van der Waals surface area contributed by atoms with Gasteiger partial charge in [0.05, 0.1) is 28.3 Å². The molecule has 60 heavy (non-hydrogen) atoms. The molecule has 0 N–H and O–H groups in total. The van der Waals surface area contributed by atoms with Crippen LogP contribution in [0.4, 0.5) is 5.69 Å². The minimum absolute atomic E-state index is 0.0719. The van der Waals surface area contributed by atoms with E-state index in [9.17, 15) is 0 Å². The van der Waals surface area contributed by atoms with Crippen molar-refractivity contribution in [3.63, 3.8) is 0 Å². The summed E-state index contributed by atoms with van der Waals surface area (Å²) in [6.45, 7) is 5.57. The van der Waals surface area contributed by atoms with E-state index in [0.29, 0.717) is 0 Å². The summed E-state index contributed by atoms with van der Waals surface area (Å²) in [5.74, 6) is 0.